The predicted octanol–water partition coefficient (Wildman–Crippen LogP) is 4.59. The summed E-state index contributed by atoms with van der Waals surface area (Å²) in [6.07, 6.45) is 4.60. The first-order chi connectivity index (χ1) is 14.9. The standard InChI is InChI=1S/C24H26ClN3O3/c1-16-7-6-8-19(25)21(16)26-20(29)15-28-23(30)22(17-9-11-18(31-2)12-10-17)27-24(28)13-4-3-5-14-24/h6-12H,3-5,13-15H2,1-2H3,(H,26,29). The van der Waals surface area contributed by atoms with Crippen molar-refractivity contribution in [3.8, 4) is 5.75 Å². The number of hydrogen-bond acceptors (Lipinski definition) is 4. The van der Waals surface area contributed by atoms with Crippen molar-refractivity contribution >= 4 is 34.8 Å². The highest BCUT2D eigenvalue weighted by atomic mass is 35.5. The number of methoxy groups -OCH3 is 1. The fraction of sp³-hybridized carbons (Fsp3) is 0.375. The second-order valence-electron chi connectivity index (χ2n) is 8.10. The Morgan fingerprint density at radius 1 is 1.16 bits per heavy atom. The van der Waals surface area contributed by atoms with Gasteiger partial charge in [-0.1, -0.05) is 30.2 Å². The minimum Gasteiger partial charge on any atom is -0.497 e. The van der Waals surface area contributed by atoms with Crippen molar-refractivity contribution in [2.24, 2.45) is 4.99 Å². The van der Waals surface area contributed by atoms with Crippen LogP contribution in [0.2, 0.25) is 5.02 Å². The molecular weight excluding hydrogens is 414 g/mol. The lowest BCUT2D eigenvalue weighted by molar-refractivity contribution is -0.134. The van der Waals surface area contributed by atoms with Gasteiger partial charge in [0, 0.05) is 5.56 Å². The Balaban J connectivity index is 1.60. The Kier molecular flexibility index (Phi) is 6.01. The molecule has 1 aliphatic heterocycles. The average molecular weight is 440 g/mol. The number of anilines is 1. The number of aliphatic imine (C=N–C) groups is 1. The maximum atomic E-state index is 13.4. The number of aryl methyl sites for hydroxylation is 1. The van der Waals surface area contributed by atoms with E-state index in [1.807, 2.05) is 43.3 Å². The summed E-state index contributed by atoms with van der Waals surface area (Å²) in [6.45, 7) is 1.82. The van der Waals surface area contributed by atoms with E-state index in [0.717, 1.165) is 43.2 Å². The quantitative estimate of drug-likeness (QED) is 0.740. The van der Waals surface area contributed by atoms with Crippen LogP contribution in [0.5, 0.6) is 5.75 Å². The van der Waals surface area contributed by atoms with Crippen LogP contribution < -0.4 is 10.1 Å². The van der Waals surface area contributed by atoms with Crippen LogP contribution in [0.25, 0.3) is 0 Å². The summed E-state index contributed by atoms with van der Waals surface area (Å²) in [4.78, 5) is 32.9. The van der Waals surface area contributed by atoms with E-state index >= 15 is 0 Å². The molecule has 0 unspecified atom stereocenters. The van der Waals surface area contributed by atoms with Crippen molar-refractivity contribution < 1.29 is 14.3 Å². The number of para-hydroxylation sites is 1. The number of amides is 2. The van der Waals surface area contributed by atoms with Crippen molar-refractivity contribution in [3.05, 3.63) is 58.6 Å². The Bertz CT molecular complexity index is 1010. The summed E-state index contributed by atoms with van der Waals surface area (Å²) in [5, 5.41) is 3.36. The van der Waals surface area contributed by atoms with E-state index in [1.165, 1.54) is 0 Å². The van der Waals surface area contributed by atoms with Crippen molar-refractivity contribution in [1.82, 2.24) is 4.90 Å². The van der Waals surface area contributed by atoms with E-state index in [4.69, 9.17) is 21.3 Å². The molecule has 0 aromatic heterocycles. The first-order valence-electron chi connectivity index (χ1n) is 10.5. The smallest absolute Gasteiger partial charge is 0.275 e. The van der Waals surface area contributed by atoms with Crippen molar-refractivity contribution in [2.45, 2.75) is 44.7 Å². The number of benzene rings is 2. The predicted molar refractivity (Wildman–Crippen MR) is 122 cm³/mol. The van der Waals surface area contributed by atoms with Crippen LogP contribution in [-0.2, 0) is 9.59 Å². The van der Waals surface area contributed by atoms with Crippen LogP contribution in [0, 0.1) is 6.92 Å². The Morgan fingerprint density at radius 3 is 2.52 bits per heavy atom. The van der Waals surface area contributed by atoms with Crippen LogP contribution in [0.15, 0.2) is 47.5 Å². The molecule has 2 amide bonds. The van der Waals surface area contributed by atoms with Gasteiger partial charge in [0.25, 0.3) is 5.91 Å². The third-order valence-electron chi connectivity index (χ3n) is 6.08. The van der Waals surface area contributed by atoms with Gasteiger partial charge in [-0.05, 0) is 68.5 Å². The van der Waals surface area contributed by atoms with Gasteiger partial charge in [-0.3, -0.25) is 14.6 Å². The van der Waals surface area contributed by atoms with Gasteiger partial charge in [-0.15, -0.1) is 0 Å². The molecule has 1 saturated carbocycles. The SMILES string of the molecule is COc1ccc(C2=NC3(CCCCC3)N(CC(=O)Nc3c(C)cccc3Cl)C2=O)cc1. The van der Waals surface area contributed by atoms with Crippen molar-refractivity contribution in [1.29, 1.82) is 0 Å². The Labute approximate surface area is 187 Å². The van der Waals surface area contributed by atoms with E-state index in [1.54, 1.807) is 18.1 Å². The molecule has 1 N–H and O–H groups in total. The Morgan fingerprint density at radius 2 is 1.87 bits per heavy atom. The van der Waals surface area contributed by atoms with Crippen LogP contribution in [0.3, 0.4) is 0 Å². The molecule has 1 heterocycles. The third-order valence-corrected chi connectivity index (χ3v) is 6.39. The van der Waals surface area contributed by atoms with E-state index in [0.29, 0.717) is 22.2 Å². The highest BCUT2D eigenvalue weighted by Gasteiger charge is 2.48. The summed E-state index contributed by atoms with van der Waals surface area (Å²) in [5.41, 5.74) is 1.94. The van der Waals surface area contributed by atoms with Crippen molar-refractivity contribution in [2.75, 3.05) is 19.0 Å². The zero-order chi connectivity index (χ0) is 22.0. The highest BCUT2D eigenvalue weighted by molar-refractivity contribution is 6.47. The third kappa shape index (κ3) is 4.17. The second-order valence-corrected chi connectivity index (χ2v) is 8.51. The lowest BCUT2D eigenvalue weighted by Crippen LogP contribution is -2.51. The van der Waals surface area contributed by atoms with Crippen LogP contribution in [-0.4, -0.2) is 41.7 Å². The first kappa shape index (κ1) is 21.4. The normalized spacial score (nSPS) is 17.6. The molecule has 2 aromatic carbocycles. The van der Waals surface area contributed by atoms with Crippen LogP contribution in [0.4, 0.5) is 5.69 Å². The van der Waals surface area contributed by atoms with Gasteiger partial charge in [0.1, 0.15) is 23.7 Å². The molecule has 0 saturated heterocycles. The zero-order valence-corrected chi connectivity index (χ0v) is 18.5. The molecule has 7 heteroatoms. The van der Waals surface area contributed by atoms with E-state index < -0.39 is 5.66 Å². The molecule has 31 heavy (non-hydrogen) atoms. The van der Waals surface area contributed by atoms with Gasteiger partial charge >= 0.3 is 0 Å². The monoisotopic (exact) mass is 439 g/mol. The molecule has 2 aliphatic rings. The van der Waals surface area contributed by atoms with Gasteiger partial charge in [0.05, 0.1) is 17.8 Å². The summed E-state index contributed by atoms with van der Waals surface area (Å²) in [5.74, 6) is 0.229. The summed E-state index contributed by atoms with van der Waals surface area (Å²) >= 11 is 6.26. The summed E-state index contributed by atoms with van der Waals surface area (Å²) < 4.78 is 5.22. The number of nitrogens with one attached hydrogen (secondary N) is 1. The molecule has 1 spiro atoms. The second kappa shape index (κ2) is 8.71. The van der Waals surface area contributed by atoms with E-state index in [2.05, 4.69) is 5.32 Å². The van der Waals surface area contributed by atoms with Gasteiger partial charge in [0.2, 0.25) is 5.91 Å². The van der Waals surface area contributed by atoms with Gasteiger partial charge in [-0.25, -0.2) is 0 Å². The molecule has 0 radical (unpaired) electrons. The molecule has 4 rings (SSSR count). The maximum absolute atomic E-state index is 13.4. The highest BCUT2D eigenvalue weighted by Crippen LogP contribution is 2.39. The fourth-order valence-electron chi connectivity index (χ4n) is 4.40. The molecule has 0 atom stereocenters. The van der Waals surface area contributed by atoms with Crippen LogP contribution in [0.1, 0.15) is 43.2 Å². The topological polar surface area (TPSA) is 71.0 Å². The molecule has 162 valence electrons. The molecule has 0 bridgehead atoms. The van der Waals surface area contributed by atoms with Crippen molar-refractivity contribution in [3.63, 3.8) is 0 Å². The van der Waals surface area contributed by atoms with Gasteiger partial charge in [-0.2, -0.15) is 0 Å². The van der Waals surface area contributed by atoms with Crippen LogP contribution >= 0.6 is 11.6 Å². The average Bonchev–Trinajstić information content (AvgIpc) is 3.03. The summed E-state index contributed by atoms with van der Waals surface area (Å²) in [7, 11) is 1.60. The zero-order valence-electron chi connectivity index (χ0n) is 17.8. The number of rotatable bonds is 5. The number of carbonyl (C=O) groups is 2. The van der Waals surface area contributed by atoms with E-state index in [-0.39, 0.29) is 18.4 Å². The molecule has 1 fully saturated rings. The Hall–Kier alpha value is -2.86. The lowest BCUT2D eigenvalue weighted by atomic mass is 9.88. The molecule has 1 aliphatic carbocycles. The largest absolute Gasteiger partial charge is 0.497 e. The minimum atomic E-state index is -0.655. The molecule has 6 nitrogen and oxygen atoms in total. The fourth-order valence-corrected chi connectivity index (χ4v) is 4.67. The number of ether oxygens (including phenoxy) is 1. The van der Waals surface area contributed by atoms with Gasteiger partial charge < -0.3 is 15.0 Å². The summed E-state index contributed by atoms with van der Waals surface area (Å²) in [6, 6.07) is 12.8. The first-order valence-corrected chi connectivity index (χ1v) is 10.9. The maximum Gasteiger partial charge on any atom is 0.275 e. The minimum absolute atomic E-state index is 0.0628. The molecule has 2 aromatic rings. The molecular formula is C24H26ClN3O3. The lowest BCUT2D eigenvalue weighted by Gasteiger charge is -2.38. The van der Waals surface area contributed by atoms with Gasteiger partial charge in [0.15, 0.2) is 0 Å². The number of halogens is 1. The number of carbonyl (C=O) groups excluding carboxylic acids is 2. The van der Waals surface area contributed by atoms with E-state index in [9.17, 15) is 9.59 Å². The number of hydrogen-bond donors (Lipinski definition) is 1. The number of nitrogens with zero attached hydrogens (tertiary/aromatic N) is 2.